The number of piperidine rings is 1. The molecule has 1 atom stereocenters. The summed E-state index contributed by atoms with van der Waals surface area (Å²) >= 11 is 5.89. The fraction of sp³-hybridized carbons (Fsp3) is 0.286. The number of nitrogens with zero attached hydrogens (tertiary/aromatic N) is 1. The molecule has 6 nitrogen and oxygen atoms in total. The standard InChI is InChI=1S/C21H20ClN3O3/c22-16-6-3-13(4-7-16)21(28)25-9-1-2-15(12-25)19(26)24-17-8-5-14-11-23-20(27)18(14)10-17/h3-8,10,15H,1-2,9,11-12H2,(H,23,27)(H,24,26)/t15-/m1/s1. The Morgan fingerprint density at radius 2 is 1.93 bits per heavy atom. The van der Waals surface area contributed by atoms with E-state index in [0.29, 0.717) is 41.5 Å². The zero-order valence-corrected chi connectivity index (χ0v) is 16.0. The molecule has 1 fully saturated rings. The van der Waals surface area contributed by atoms with Crippen LogP contribution in [0.5, 0.6) is 0 Å². The Morgan fingerprint density at radius 1 is 1.14 bits per heavy atom. The number of carbonyl (C=O) groups is 3. The van der Waals surface area contributed by atoms with Gasteiger partial charge in [-0.2, -0.15) is 0 Å². The van der Waals surface area contributed by atoms with Crippen molar-refractivity contribution in [1.29, 1.82) is 0 Å². The quantitative estimate of drug-likeness (QED) is 0.835. The third-order valence-corrected chi connectivity index (χ3v) is 5.48. The number of rotatable bonds is 3. The molecule has 0 unspecified atom stereocenters. The minimum Gasteiger partial charge on any atom is -0.348 e. The molecule has 0 aliphatic carbocycles. The van der Waals surface area contributed by atoms with Crippen LogP contribution in [0.1, 0.15) is 39.1 Å². The van der Waals surface area contributed by atoms with Gasteiger partial charge in [0.25, 0.3) is 11.8 Å². The molecule has 2 N–H and O–H groups in total. The van der Waals surface area contributed by atoms with Gasteiger partial charge in [0.05, 0.1) is 5.92 Å². The Morgan fingerprint density at radius 3 is 2.71 bits per heavy atom. The van der Waals surface area contributed by atoms with E-state index in [2.05, 4.69) is 10.6 Å². The van der Waals surface area contributed by atoms with E-state index < -0.39 is 0 Å². The lowest BCUT2D eigenvalue weighted by Crippen LogP contribution is -2.43. The van der Waals surface area contributed by atoms with Crippen LogP contribution < -0.4 is 10.6 Å². The van der Waals surface area contributed by atoms with E-state index in [4.69, 9.17) is 11.6 Å². The number of hydrogen-bond donors (Lipinski definition) is 2. The highest BCUT2D eigenvalue weighted by Gasteiger charge is 2.29. The number of amides is 3. The molecule has 1 saturated heterocycles. The van der Waals surface area contributed by atoms with Gasteiger partial charge in [-0.25, -0.2) is 0 Å². The fourth-order valence-corrected chi connectivity index (χ4v) is 3.81. The van der Waals surface area contributed by atoms with Crippen LogP contribution in [0.25, 0.3) is 0 Å². The SMILES string of the molecule is O=C1NCc2ccc(NC(=O)[C@@H]3CCCN(C(=O)c4ccc(Cl)cc4)C3)cc21. The number of benzene rings is 2. The lowest BCUT2D eigenvalue weighted by molar-refractivity contribution is -0.121. The number of hydrogen-bond acceptors (Lipinski definition) is 3. The zero-order valence-electron chi connectivity index (χ0n) is 15.2. The summed E-state index contributed by atoms with van der Waals surface area (Å²) in [5.41, 5.74) is 2.69. The minimum atomic E-state index is -0.285. The van der Waals surface area contributed by atoms with Crippen molar-refractivity contribution >= 4 is 35.0 Å². The van der Waals surface area contributed by atoms with Crippen molar-refractivity contribution in [2.24, 2.45) is 5.92 Å². The van der Waals surface area contributed by atoms with E-state index in [1.54, 1.807) is 41.3 Å². The molecule has 7 heteroatoms. The van der Waals surface area contributed by atoms with Gasteiger partial charge in [0.1, 0.15) is 0 Å². The highest BCUT2D eigenvalue weighted by molar-refractivity contribution is 6.30. The summed E-state index contributed by atoms with van der Waals surface area (Å²) < 4.78 is 0. The molecule has 2 aromatic carbocycles. The summed E-state index contributed by atoms with van der Waals surface area (Å²) in [6.07, 6.45) is 1.49. The van der Waals surface area contributed by atoms with Crippen LogP contribution in [0.3, 0.4) is 0 Å². The molecule has 0 radical (unpaired) electrons. The molecule has 0 bridgehead atoms. The Balaban J connectivity index is 1.42. The van der Waals surface area contributed by atoms with Gasteiger partial charge in [0, 0.05) is 41.5 Å². The van der Waals surface area contributed by atoms with E-state index >= 15 is 0 Å². The molecule has 2 aliphatic heterocycles. The first kappa shape index (κ1) is 18.5. The monoisotopic (exact) mass is 397 g/mol. The van der Waals surface area contributed by atoms with Crippen molar-refractivity contribution in [3.63, 3.8) is 0 Å². The van der Waals surface area contributed by atoms with Gasteiger partial charge in [0.15, 0.2) is 0 Å². The normalized spacial score (nSPS) is 18.4. The molecular formula is C21H20ClN3O3. The Hall–Kier alpha value is -2.86. The molecule has 3 amide bonds. The van der Waals surface area contributed by atoms with Crippen LogP contribution in [-0.2, 0) is 11.3 Å². The zero-order chi connectivity index (χ0) is 19.7. The maximum absolute atomic E-state index is 12.7. The predicted molar refractivity (Wildman–Crippen MR) is 106 cm³/mol. The average Bonchev–Trinajstić information content (AvgIpc) is 3.08. The largest absolute Gasteiger partial charge is 0.348 e. The maximum Gasteiger partial charge on any atom is 0.253 e. The summed E-state index contributed by atoms with van der Waals surface area (Å²) in [6, 6.07) is 12.1. The Bertz CT molecular complexity index is 942. The Labute approximate surface area is 167 Å². The fourth-order valence-electron chi connectivity index (χ4n) is 3.69. The van der Waals surface area contributed by atoms with E-state index in [1.165, 1.54) is 0 Å². The van der Waals surface area contributed by atoms with Crippen LogP contribution in [0.2, 0.25) is 5.02 Å². The van der Waals surface area contributed by atoms with E-state index in [0.717, 1.165) is 18.4 Å². The lowest BCUT2D eigenvalue weighted by atomic mass is 9.96. The second-order valence-electron chi connectivity index (χ2n) is 7.14. The second-order valence-corrected chi connectivity index (χ2v) is 7.58. The maximum atomic E-state index is 12.7. The van der Waals surface area contributed by atoms with Gasteiger partial charge in [-0.3, -0.25) is 14.4 Å². The highest BCUT2D eigenvalue weighted by atomic mass is 35.5. The molecular weight excluding hydrogens is 378 g/mol. The predicted octanol–water partition coefficient (Wildman–Crippen LogP) is 3.07. The summed E-state index contributed by atoms with van der Waals surface area (Å²) in [7, 11) is 0. The third-order valence-electron chi connectivity index (χ3n) is 5.23. The first-order chi connectivity index (χ1) is 13.5. The third kappa shape index (κ3) is 3.73. The van der Waals surface area contributed by atoms with Crippen LogP contribution in [0.15, 0.2) is 42.5 Å². The molecule has 28 heavy (non-hydrogen) atoms. The molecule has 2 aliphatic rings. The summed E-state index contributed by atoms with van der Waals surface area (Å²) in [5.74, 6) is -0.633. The van der Waals surface area contributed by atoms with Crippen molar-refractivity contribution in [1.82, 2.24) is 10.2 Å². The average molecular weight is 398 g/mol. The van der Waals surface area contributed by atoms with Crippen LogP contribution in [0.4, 0.5) is 5.69 Å². The molecule has 2 aromatic rings. The number of carbonyl (C=O) groups excluding carboxylic acids is 3. The van der Waals surface area contributed by atoms with E-state index in [-0.39, 0.29) is 23.6 Å². The molecule has 2 heterocycles. The van der Waals surface area contributed by atoms with E-state index in [9.17, 15) is 14.4 Å². The van der Waals surface area contributed by atoms with Crippen molar-refractivity contribution in [3.05, 3.63) is 64.2 Å². The van der Waals surface area contributed by atoms with Gasteiger partial charge in [0.2, 0.25) is 5.91 Å². The van der Waals surface area contributed by atoms with Crippen molar-refractivity contribution in [2.75, 3.05) is 18.4 Å². The van der Waals surface area contributed by atoms with Gasteiger partial charge >= 0.3 is 0 Å². The second kappa shape index (κ2) is 7.64. The summed E-state index contributed by atoms with van der Waals surface area (Å²) in [6.45, 7) is 1.52. The van der Waals surface area contributed by atoms with Gasteiger partial charge in [-0.05, 0) is 54.8 Å². The first-order valence-corrected chi connectivity index (χ1v) is 9.66. The van der Waals surface area contributed by atoms with Gasteiger partial charge in [-0.1, -0.05) is 17.7 Å². The number of nitrogens with one attached hydrogen (secondary N) is 2. The Kier molecular flexibility index (Phi) is 5.05. The van der Waals surface area contributed by atoms with E-state index in [1.807, 2.05) is 6.07 Å². The van der Waals surface area contributed by atoms with Crippen molar-refractivity contribution in [3.8, 4) is 0 Å². The van der Waals surface area contributed by atoms with Crippen molar-refractivity contribution in [2.45, 2.75) is 19.4 Å². The number of fused-ring (bicyclic) bond motifs is 1. The number of likely N-dealkylation sites (tertiary alicyclic amines) is 1. The number of halogens is 1. The first-order valence-electron chi connectivity index (χ1n) is 9.28. The van der Waals surface area contributed by atoms with Gasteiger partial charge < -0.3 is 15.5 Å². The van der Waals surface area contributed by atoms with Gasteiger partial charge in [-0.15, -0.1) is 0 Å². The summed E-state index contributed by atoms with van der Waals surface area (Å²) in [4.78, 5) is 39.0. The molecule has 144 valence electrons. The highest BCUT2D eigenvalue weighted by Crippen LogP contribution is 2.23. The molecule has 0 aromatic heterocycles. The summed E-state index contributed by atoms with van der Waals surface area (Å²) in [5, 5.41) is 6.24. The van der Waals surface area contributed by atoms with Crippen LogP contribution >= 0.6 is 11.6 Å². The topological polar surface area (TPSA) is 78.5 Å². The number of anilines is 1. The van der Waals surface area contributed by atoms with Crippen molar-refractivity contribution < 1.29 is 14.4 Å². The lowest BCUT2D eigenvalue weighted by Gasteiger charge is -2.32. The minimum absolute atomic E-state index is 0.0941. The molecule has 0 saturated carbocycles. The smallest absolute Gasteiger partial charge is 0.253 e. The molecule has 0 spiro atoms. The van der Waals surface area contributed by atoms with Crippen LogP contribution in [-0.4, -0.2) is 35.7 Å². The van der Waals surface area contributed by atoms with Crippen LogP contribution in [0, 0.1) is 5.92 Å². The molecule has 4 rings (SSSR count).